The van der Waals surface area contributed by atoms with Crippen LogP contribution in [0.3, 0.4) is 0 Å². The molecule has 0 aliphatic heterocycles. The highest BCUT2D eigenvalue weighted by atomic mass is 35.5. The summed E-state index contributed by atoms with van der Waals surface area (Å²) in [5.41, 5.74) is 0.475. The predicted octanol–water partition coefficient (Wildman–Crippen LogP) is 2.36. The molecule has 0 saturated heterocycles. The van der Waals surface area contributed by atoms with Crippen LogP contribution in [0.2, 0.25) is 5.02 Å². The maximum atomic E-state index is 12.7. The van der Waals surface area contributed by atoms with Crippen LogP contribution in [0.25, 0.3) is 5.65 Å². The Bertz CT molecular complexity index is 1110. The Morgan fingerprint density at radius 2 is 2.00 bits per heavy atom. The highest BCUT2D eigenvalue weighted by molar-refractivity contribution is 6.34. The summed E-state index contributed by atoms with van der Waals surface area (Å²) >= 11 is 6.01. The maximum absolute atomic E-state index is 12.7. The molecule has 2 aromatic heterocycles. The molecule has 1 aromatic carbocycles. The third-order valence-corrected chi connectivity index (χ3v) is 4.76. The number of amides is 2. The van der Waals surface area contributed by atoms with Crippen LogP contribution < -0.4 is 10.6 Å². The zero-order valence-electron chi connectivity index (χ0n) is 16.2. The second kappa shape index (κ2) is 8.87. The molecule has 2 amide bonds. The monoisotopic (exact) mass is 430 g/mol. The number of hydrogen-bond acceptors (Lipinski definition) is 6. The Morgan fingerprint density at radius 3 is 2.67 bits per heavy atom. The summed E-state index contributed by atoms with van der Waals surface area (Å²) in [6.07, 6.45) is 1.79. The summed E-state index contributed by atoms with van der Waals surface area (Å²) in [5, 5.41) is 24.2. The first-order valence-corrected chi connectivity index (χ1v) is 9.47. The number of halogens is 1. The van der Waals surface area contributed by atoms with Gasteiger partial charge < -0.3 is 10.6 Å². The number of aromatic nitrogens is 3. The van der Waals surface area contributed by atoms with Gasteiger partial charge in [-0.1, -0.05) is 31.5 Å². The van der Waals surface area contributed by atoms with Crippen LogP contribution in [0.1, 0.15) is 30.0 Å². The number of pyridine rings is 1. The summed E-state index contributed by atoms with van der Waals surface area (Å²) in [6, 6.07) is 8.14. The van der Waals surface area contributed by atoms with Gasteiger partial charge in [-0.3, -0.25) is 24.1 Å². The highest BCUT2D eigenvalue weighted by Crippen LogP contribution is 2.22. The zero-order valence-corrected chi connectivity index (χ0v) is 17.0. The molecule has 2 heterocycles. The predicted molar refractivity (Wildman–Crippen MR) is 109 cm³/mol. The summed E-state index contributed by atoms with van der Waals surface area (Å²) in [6.45, 7) is 3.70. The average Bonchev–Trinajstić information content (AvgIpc) is 3.12. The Morgan fingerprint density at radius 1 is 1.23 bits per heavy atom. The van der Waals surface area contributed by atoms with E-state index in [1.165, 1.54) is 12.1 Å². The Hall–Kier alpha value is -3.53. The molecular formula is C19H19ClN6O4. The third kappa shape index (κ3) is 4.54. The van der Waals surface area contributed by atoms with E-state index < -0.39 is 22.8 Å². The van der Waals surface area contributed by atoms with Gasteiger partial charge in [-0.05, 0) is 24.1 Å². The number of carbonyl (C=O) groups is 2. The van der Waals surface area contributed by atoms with Crippen molar-refractivity contribution in [2.45, 2.75) is 26.4 Å². The number of fused-ring (bicyclic) bond motifs is 1. The number of benzene rings is 1. The van der Waals surface area contributed by atoms with Crippen molar-refractivity contribution >= 4 is 34.7 Å². The minimum Gasteiger partial charge on any atom is -0.347 e. The summed E-state index contributed by atoms with van der Waals surface area (Å²) in [7, 11) is 0. The van der Waals surface area contributed by atoms with Crippen molar-refractivity contribution in [2.75, 3.05) is 0 Å². The number of nitro benzene ring substituents is 1. The summed E-state index contributed by atoms with van der Waals surface area (Å²) in [5.74, 6) is -0.673. The lowest BCUT2D eigenvalue weighted by Crippen LogP contribution is -2.49. The van der Waals surface area contributed by atoms with E-state index >= 15 is 0 Å². The molecule has 1 unspecified atom stereocenters. The van der Waals surface area contributed by atoms with Crippen molar-refractivity contribution in [3.8, 4) is 0 Å². The van der Waals surface area contributed by atoms with Crippen molar-refractivity contribution in [1.29, 1.82) is 0 Å². The van der Waals surface area contributed by atoms with Crippen molar-refractivity contribution in [3.05, 3.63) is 69.1 Å². The van der Waals surface area contributed by atoms with Gasteiger partial charge in [0, 0.05) is 18.3 Å². The van der Waals surface area contributed by atoms with Crippen LogP contribution in [-0.4, -0.2) is 37.4 Å². The molecule has 3 aromatic rings. The van der Waals surface area contributed by atoms with Crippen molar-refractivity contribution in [3.63, 3.8) is 0 Å². The van der Waals surface area contributed by atoms with Crippen LogP contribution in [0.4, 0.5) is 5.69 Å². The lowest BCUT2D eigenvalue weighted by molar-refractivity contribution is -0.384. The van der Waals surface area contributed by atoms with E-state index in [9.17, 15) is 19.7 Å². The van der Waals surface area contributed by atoms with E-state index in [0.717, 1.165) is 6.07 Å². The molecule has 0 spiro atoms. The molecule has 0 aliphatic rings. The van der Waals surface area contributed by atoms with Gasteiger partial charge in [-0.25, -0.2) is 0 Å². The molecule has 156 valence electrons. The Balaban J connectivity index is 1.70. The first-order valence-electron chi connectivity index (χ1n) is 9.09. The van der Waals surface area contributed by atoms with Gasteiger partial charge in [0.1, 0.15) is 6.04 Å². The van der Waals surface area contributed by atoms with Crippen molar-refractivity contribution in [2.24, 2.45) is 5.92 Å². The van der Waals surface area contributed by atoms with E-state index in [-0.39, 0.29) is 28.7 Å². The lowest BCUT2D eigenvalue weighted by atomic mass is 10.0. The second-order valence-electron chi connectivity index (χ2n) is 6.88. The first kappa shape index (κ1) is 21.2. The topological polar surface area (TPSA) is 132 Å². The molecule has 2 N–H and O–H groups in total. The second-order valence-corrected chi connectivity index (χ2v) is 7.29. The maximum Gasteiger partial charge on any atom is 0.270 e. The molecule has 11 heteroatoms. The van der Waals surface area contributed by atoms with E-state index in [1.54, 1.807) is 30.5 Å². The number of carbonyl (C=O) groups excluding carboxylic acids is 2. The Kier molecular flexibility index (Phi) is 6.26. The molecule has 3 rings (SSSR count). The number of rotatable bonds is 7. The van der Waals surface area contributed by atoms with E-state index in [4.69, 9.17) is 11.6 Å². The molecule has 30 heavy (non-hydrogen) atoms. The van der Waals surface area contributed by atoms with Gasteiger partial charge in [-0.2, -0.15) is 0 Å². The fourth-order valence-electron chi connectivity index (χ4n) is 2.84. The number of nitrogens with one attached hydrogen (secondary N) is 2. The molecular weight excluding hydrogens is 412 g/mol. The Labute approximate surface area is 176 Å². The van der Waals surface area contributed by atoms with Gasteiger partial charge in [0.2, 0.25) is 5.91 Å². The van der Waals surface area contributed by atoms with Crippen molar-refractivity contribution < 1.29 is 14.5 Å². The molecule has 1 atom stereocenters. The average molecular weight is 431 g/mol. The van der Waals surface area contributed by atoms with E-state index in [1.807, 2.05) is 12.1 Å². The van der Waals surface area contributed by atoms with Gasteiger partial charge in [0.25, 0.3) is 11.6 Å². The largest absolute Gasteiger partial charge is 0.347 e. The molecule has 0 radical (unpaired) electrons. The summed E-state index contributed by atoms with van der Waals surface area (Å²) < 4.78 is 1.75. The fraction of sp³-hybridized carbons (Fsp3) is 0.263. The smallest absolute Gasteiger partial charge is 0.270 e. The quantitative estimate of drug-likeness (QED) is 0.437. The standard InChI is InChI=1S/C19H19ClN6O4/c1-11(2)17(22-18(27)13-7-6-12(26(29)30)9-14(13)20)19(28)21-10-16-24-23-15-5-3-4-8-25(15)16/h3-9,11,17H,10H2,1-2H3,(H,21,28)(H,22,27). The van der Waals surface area contributed by atoms with E-state index in [2.05, 4.69) is 20.8 Å². The van der Waals surface area contributed by atoms with E-state index in [0.29, 0.717) is 11.5 Å². The molecule has 0 fully saturated rings. The molecule has 0 bridgehead atoms. The number of nitrogens with zero attached hydrogens (tertiary/aromatic N) is 4. The van der Waals surface area contributed by atoms with Crippen LogP contribution in [0, 0.1) is 16.0 Å². The van der Waals surface area contributed by atoms with Gasteiger partial charge >= 0.3 is 0 Å². The van der Waals surface area contributed by atoms with Crippen LogP contribution in [-0.2, 0) is 11.3 Å². The fourth-order valence-corrected chi connectivity index (χ4v) is 3.10. The van der Waals surface area contributed by atoms with Gasteiger partial charge in [0.15, 0.2) is 11.5 Å². The van der Waals surface area contributed by atoms with Gasteiger partial charge in [0.05, 0.1) is 22.1 Å². The SMILES string of the molecule is CC(C)C(NC(=O)c1ccc([N+](=O)[O-])cc1Cl)C(=O)NCc1nnc2ccccn12. The normalized spacial score (nSPS) is 12.0. The number of hydrogen-bond donors (Lipinski definition) is 2. The molecule has 10 nitrogen and oxygen atoms in total. The third-order valence-electron chi connectivity index (χ3n) is 4.45. The summed E-state index contributed by atoms with van der Waals surface area (Å²) in [4.78, 5) is 35.5. The lowest BCUT2D eigenvalue weighted by Gasteiger charge is -2.21. The van der Waals surface area contributed by atoms with Crippen LogP contribution >= 0.6 is 11.6 Å². The van der Waals surface area contributed by atoms with Gasteiger partial charge in [-0.15, -0.1) is 10.2 Å². The highest BCUT2D eigenvalue weighted by Gasteiger charge is 2.26. The first-order chi connectivity index (χ1) is 14.3. The van der Waals surface area contributed by atoms with Crippen LogP contribution in [0.15, 0.2) is 42.6 Å². The number of non-ortho nitro benzene ring substituents is 1. The molecule has 0 saturated carbocycles. The number of nitro groups is 1. The van der Waals surface area contributed by atoms with Crippen molar-refractivity contribution in [1.82, 2.24) is 25.2 Å². The molecule has 0 aliphatic carbocycles. The van der Waals surface area contributed by atoms with Crippen LogP contribution in [0.5, 0.6) is 0 Å². The minimum atomic E-state index is -0.844. The zero-order chi connectivity index (χ0) is 21.8. The minimum absolute atomic E-state index is 0.0455.